The second-order valence-corrected chi connectivity index (χ2v) is 7.07. The summed E-state index contributed by atoms with van der Waals surface area (Å²) in [7, 11) is 0. The molecule has 5 nitrogen and oxygen atoms in total. The van der Waals surface area contributed by atoms with E-state index in [1.54, 1.807) is 0 Å². The molecule has 3 atom stereocenters. The number of rotatable bonds is 2. The van der Waals surface area contributed by atoms with Gasteiger partial charge in [0.05, 0.1) is 0 Å². The SMILES string of the molecule is C[C@H]1C[C@H](C)CN(C(=O)NC[C@@H]2CC(=O)Nc3ccccc32)C1. The number of amides is 3. The Labute approximate surface area is 137 Å². The highest BCUT2D eigenvalue weighted by molar-refractivity contribution is 5.94. The van der Waals surface area contributed by atoms with Gasteiger partial charge in [0.2, 0.25) is 5.91 Å². The minimum atomic E-state index is -0.00753. The predicted octanol–water partition coefficient (Wildman–Crippen LogP) is 2.80. The van der Waals surface area contributed by atoms with Crippen molar-refractivity contribution in [2.45, 2.75) is 32.6 Å². The van der Waals surface area contributed by atoms with Gasteiger partial charge in [0.1, 0.15) is 0 Å². The van der Waals surface area contributed by atoms with Crippen LogP contribution in [-0.4, -0.2) is 36.5 Å². The number of carbonyl (C=O) groups excluding carboxylic acids is 2. The van der Waals surface area contributed by atoms with E-state index in [1.165, 1.54) is 6.42 Å². The normalized spacial score (nSPS) is 27.1. The van der Waals surface area contributed by atoms with Gasteiger partial charge < -0.3 is 15.5 Å². The molecule has 1 fully saturated rings. The molecule has 23 heavy (non-hydrogen) atoms. The highest BCUT2D eigenvalue weighted by Gasteiger charge is 2.28. The van der Waals surface area contributed by atoms with Crippen molar-refractivity contribution in [3.8, 4) is 0 Å². The number of anilines is 1. The Morgan fingerprint density at radius 1 is 1.26 bits per heavy atom. The van der Waals surface area contributed by atoms with Gasteiger partial charge in [0, 0.05) is 37.7 Å². The van der Waals surface area contributed by atoms with Crippen molar-refractivity contribution in [1.82, 2.24) is 10.2 Å². The molecule has 0 unspecified atom stereocenters. The third kappa shape index (κ3) is 3.66. The van der Waals surface area contributed by atoms with Crippen LogP contribution in [0.5, 0.6) is 0 Å². The summed E-state index contributed by atoms with van der Waals surface area (Å²) < 4.78 is 0. The molecule has 124 valence electrons. The topological polar surface area (TPSA) is 61.4 Å². The fourth-order valence-corrected chi connectivity index (χ4v) is 3.84. The van der Waals surface area contributed by atoms with Crippen LogP contribution in [0.25, 0.3) is 0 Å². The lowest BCUT2D eigenvalue weighted by molar-refractivity contribution is -0.116. The van der Waals surface area contributed by atoms with Crippen molar-refractivity contribution in [1.29, 1.82) is 0 Å². The maximum atomic E-state index is 12.4. The third-order valence-electron chi connectivity index (χ3n) is 4.76. The molecule has 0 aromatic heterocycles. The van der Waals surface area contributed by atoms with Gasteiger partial charge in [-0.3, -0.25) is 4.79 Å². The van der Waals surface area contributed by atoms with Crippen molar-refractivity contribution in [2.75, 3.05) is 25.0 Å². The number of urea groups is 1. The number of likely N-dealkylation sites (tertiary alicyclic amines) is 1. The van der Waals surface area contributed by atoms with Crippen LogP contribution in [0.15, 0.2) is 24.3 Å². The summed E-state index contributed by atoms with van der Waals surface area (Å²) in [6.07, 6.45) is 1.60. The maximum absolute atomic E-state index is 12.4. The Bertz CT molecular complexity index is 592. The van der Waals surface area contributed by atoms with Crippen LogP contribution >= 0.6 is 0 Å². The minimum Gasteiger partial charge on any atom is -0.337 e. The third-order valence-corrected chi connectivity index (χ3v) is 4.76. The molecule has 1 saturated heterocycles. The average molecular weight is 315 g/mol. The molecule has 0 bridgehead atoms. The quantitative estimate of drug-likeness (QED) is 0.881. The van der Waals surface area contributed by atoms with Gasteiger partial charge in [0.25, 0.3) is 0 Å². The van der Waals surface area contributed by atoms with Gasteiger partial charge in [-0.15, -0.1) is 0 Å². The zero-order chi connectivity index (χ0) is 16.4. The number of nitrogens with one attached hydrogen (secondary N) is 2. The van der Waals surface area contributed by atoms with Crippen molar-refractivity contribution >= 4 is 17.6 Å². The summed E-state index contributed by atoms with van der Waals surface area (Å²) in [6, 6.07) is 7.81. The van der Waals surface area contributed by atoms with E-state index >= 15 is 0 Å². The van der Waals surface area contributed by atoms with Gasteiger partial charge in [-0.2, -0.15) is 0 Å². The summed E-state index contributed by atoms with van der Waals surface area (Å²) in [4.78, 5) is 26.2. The summed E-state index contributed by atoms with van der Waals surface area (Å²) >= 11 is 0. The van der Waals surface area contributed by atoms with Crippen molar-refractivity contribution in [3.05, 3.63) is 29.8 Å². The van der Waals surface area contributed by atoms with Crippen LogP contribution in [0.3, 0.4) is 0 Å². The van der Waals surface area contributed by atoms with E-state index in [0.717, 1.165) is 24.3 Å². The Hall–Kier alpha value is -2.04. The highest BCUT2D eigenvalue weighted by Crippen LogP contribution is 2.31. The molecule has 0 aliphatic carbocycles. The van der Waals surface area contributed by atoms with Gasteiger partial charge in [-0.05, 0) is 29.9 Å². The van der Waals surface area contributed by atoms with Crippen molar-refractivity contribution in [3.63, 3.8) is 0 Å². The van der Waals surface area contributed by atoms with Crippen LogP contribution in [0, 0.1) is 11.8 Å². The summed E-state index contributed by atoms with van der Waals surface area (Å²) in [5.41, 5.74) is 1.97. The number of piperidine rings is 1. The maximum Gasteiger partial charge on any atom is 0.317 e. The first-order valence-electron chi connectivity index (χ1n) is 8.44. The van der Waals surface area contributed by atoms with Gasteiger partial charge in [0.15, 0.2) is 0 Å². The number of nitrogens with zero attached hydrogens (tertiary/aromatic N) is 1. The van der Waals surface area contributed by atoms with Gasteiger partial charge in [-0.25, -0.2) is 4.79 Å². The second-order valence-electron chi connectivity index (χ2n) is 7.07. The molecule has 0 spiro atoms. The van der Waals surface area contributed by atoms with E-state index in [2.05, 4.69) is 24.5 Å². The number of para-hydroxylation sites is 1. The molecule has 2 aliphatic rings. The second kappa shape index (κ2) is 6.60. The first-order valence-corrected chi connectivity index (χ1v) is 8.44. The fourth-order valence-electron chi connectivity index (χ4n) is 3.84. The fraction of sp³-hybridized carbons (Fsp3) is 0.556. The predicted molar refractivity (Wildman–Crippen MR) is 90.3 cm³/mol. The van der Waals surface area contributed by atoms with E-state index in [9.17, 15) is 9.59 Å². The Morgan fingerprint density at radius 3 is 2.70 bits per heavy atom. The lowest BCUT2D eigenvalue weighted by Gasteiger charge is -2.35. The Kier molecular flexibility index (Phi) is 4.55. The average Bonchev–Trinajstić information content (AvgIpc) is 2.51. The number of carbonyl (C=O) groups is 2. The molecule has 2 aliphatic heterocycles. The number of benzene rings is 1. The van der Waals surface area contributed by atoms with Crippen LogP contribution < -0.4 is 10.6 Å². The molecule has 1 aromatic carbocycles. The molecule has 2 heterocycles. The number of fused-ring (bicyclic) bond motifs is 1. The van der Waals surface area contributed by atoms with E-state index in [1.807, 2.05) is 29.2 Å². The van der Waals surface area contributed by atoms with E-state index < -0.39 is 0 Å². The minimum absolute atomic E-state index is 0.00753. The zero-order valence-electron chi connectivity index (χ0n) is 13.8. The molecule has 5 heteroatoms. The van der Waals surface area contributed by atoms with E-state index in [-0.39, 0.29) is 17.9 Å². The standard InChI is InChI=1S/C18H25N3O2/c1-12-7-13(2)11-21(10-12)18(23)19-9-14-8-17(22)20-16-6-4-3-5-15(14)16/h3-6,12-14H,7-11H2,1-2H3,(H,19,23)(H,20,22)/t12-,13-,14-/m0/s1. The summed E-state index contributed by atoms with van der Waals surface area (Å²) in [5.74, 6) is 1.16. The lowest BCUT2D eigenvalue weighted by atomic mass is 9.90. The van der Waals surface area contributed by atoms with Crippen molar-refractivity contribution < 1.29 is 9.59 Å². The van der Waals surface area contributed by atoms with Crippen LogP contribution in [-0.2, 0) is 4.79 Å². The van der Waals surface area contributed by atoms with Crippen LogP contribution in [0.4, 0.5) is 10.5 Å². The monoisotopic (exact) mass is 315 g/mol. The van der Waals surface area contributed by atoms with E-state index in [4.69, 9.17) is 0 Å². The van der Waals surface area contributed by atoms with Gasteiger partial charge in [-0.1, -0.05) is 32.0 Å². The molecular weight excluding hydrogens is 290 g/mol. The summed E-state index contributed by atoms with van der Waals surface area (Å²) in [6.45, 7) is 6.52. The lowest BCUT2D eigenvalue weighted by Crippen LogP contribution is -2.48. The molecule has 0 saturated carbocycles. The number of hydrogen-bond donors (Lipinski definition) is 2. The largest absolute Gasteiger partial charge is 0.337 e. The van der Waals surface area contributed by atoms with Gasteiger partial charge >= 0.3 is 6.03 Å². The van der Waals surface area contributed by atoms with Crippen LogP contribution in [0.2, 0.25) is 0 Å². The molecule has 2 N–H and O–H groups in total. The first-order chi connectivity index (χ1) is 11.0. The Morgan fingerprint density at radius 2 is 1.96 bits per heavy atom. The molecule has 0 radical (unpaired) electrons. The first kappa shape index (κ1) is 15.8. The highest BCUT2D eigenvalue weighted by atomic mass is 16.2. The molecule has 1 aromatic rings. The summed E-state index contributed by atoms with van der Waals surface area (Å²) in [5, 5.41) is 5.92. The smallest absolute Gasteiger partial charge is 0.317 e. The molecular formula is C18H25N3O2. The number of hydrogen-bond acceptors (Lipinski definition) is 2. The van der Waals surface area contributed by atoms with E-state index in [0.29, 0.717) is 24.8 Å². The zero-order valence-corrected chi connectivity index (χ0v) is 13.8. The Balaban J connectivity index is 1.62. The van der Waals surface area contributed by atoms with Crippen molar-refractivity contribution in [2.24, 2.45) is 11.8 Å². The molecule has 3 amide bonds. The molecule has 3 rings (SSSR count). The van der Waals surface area contributed by atoms with Crippen LogP contribution in [0.1, 0.15) is 38.2 Å².